The van der Waals surface area contributed by atoms with Gasteiger partial charge in [0.25, 0.3) is 11.8 Å². The van der Waals surface area contributed by atoms with Crippen LogP contribution >= 0.6 is 11.3 Å². The molecule has 4 rings (SSSR count). The van der Waals surface area contributed by atoms with E-state index in [4.69, 9.17) is 9.15 Å². The number of carbonyl (C=O) groups is 3. The van der Waals surface area contributed by atoms with Crippen LogP contribution in [0.5, 0.6) is 0 Å². The quantitative estimate of drug-likeness (QED) is 0.754. The summed E-state index contributed by atoms with van der Waals surface area (Å²) >= 11 is 1.40. The molecule has 0 aromatic carbocycles. The highest BCUT2D eigenvalue weighted by molar-refractivity contribution is 7.17. The number of ether oxygens (including phenoxy) is 1. The van der Waals surface area contributed by atoms with Gasteiger partial charge in [0.1, 0.15) is 5.00 Å². The molecule has 0 radical (unpaired) electrons. The molecule has 1 aliphatic heterocycles. The van der Waals surface area contributed by atoms with Gasteiger partial charge in [0.2, 0.25) is 0 Å². The maximum atomic E-state index is 12.8. The second-order valence-corrected chi connectivity index (χ2v) is 8.74. The van der Waals surface area contributed by atoms with Gasteiger partial charge in [0, 0.05) is 18.0 Å². The summed E-state index contributed by atoms with van der Waals surface area (Å²) in [6.45, 7) is 3.31. The molecule has 2 amide bonds. The number of aryl methyl sites for hydroxylation is 1. The third-order valence-corrected chi connectivity index (χ3v) is 6.77. The zero-order valence-electron chi connectivity index (χ0n) is 16.4. The number of likely N-dealkylation sites (tertiary alicyclic amines) is 1. The van der Waals surface area contributed by atoms with Crippen LogP contribution in [0.25, 0.3) is 0 Å². The molecule has 0 saturated carbocycles. The zero-order chi connectivity index (χ0) is 20.4. The topological polar surface area (TPSA) is 88.9 Å². The molecule has 0 unspecified atom stereocenters. The lowest BCUT2D eigenvalue weighted by molar-refractivity contribution is -0.135. The minimum absolute atomic E-state index is 0.168. The van der Waals surface area contributed by atoms with Crippen LogP contribution in [0.3, 0.4) is 0 Å². The lowest BCUT2D eigenvalue weighted by Gasteiger charge is -2.30. The smallest absolute Gasteiger partial charge is 0.341 e. The number of hydrogen-bond acceptors (Lipinski definition) is 6. The van der Waals surface area contributed by atoms with Gasteiger partial charge < -0.3 is 19.4 Å². The second-order valence-electron chi connectivity index (χ2n) is 7.63. The van der Waals surface area contributed by atoms with Gasteiger partial charge in [0.05, 0.1) is 11.8 Å². The largest absolute Gasteiger partial charge is 0.459 e. The summed E-state index contributed by atoms with van der Waals surface area (Å²) in [6.07, 6.45) is 5.98. The Morgan fingerprint density at radius 2 is 2.07 bits per heavy atom. The van der Waals surface area contributed by atoms with E-state index in [1.165, 1.54) is 17.6 Å². The van der Waals surface area contributed by atoms with Crippen molar-refractivity contribution in [1.82, 2.24) is 4.90 Å². The standard InChI is InChI=1S/C21H24N2O5S/c1-13-7-9-23(10-8-13)17(24)12-28-21(26)18-14-4-2-6-16(14)29-20(18)22-19(25)15-5-3-11-27-15/h3,5,11,13H,2,4,6-10,12H2,1H3,(H,22,25). The molecule has 7 nitrogen and oxygen atoms in total. The minimum atomic E-state index is -0.558. The molecular formula is C21H24N2O5S. The van der Waals surface area contributed by atoms with E-state index in [-0.39, 0.29) is 18.3 Å². The van der Waals surface area contributed by atoms with E-state index >= 15 is 0 Å². The van der Waals surface area contributed by atoms with Crippen LogP contribution in [0.15, 0.2) is 22.8 Å². The molecule has 0 atom stereocenters. The van der Waals surface area contributed by atoms with Crippen LogP contribution < -0.4 is 5.32 Å². The number of anilines is 1. The normalized spacial score (nSPS) is 16.5. The van der Waals surface area contributed by atoms with E-state index in [1.807, 2.05) is 0 Å². The van der Waals surface area contributed by atoms with Gasteiger partial charge in [-0.15, -0.1) is 11.3 Å². The molecule has 2 aromatic heterocycles. The molecule has 2 aliphatic rings. The number of nitrogens with zero attached hydrogens (tertiary/aromatic N) is 1. The highest BCUT2D eigenvalue weighted by Gasteiger charge is 2.30. The maximum absolute atomic E-state index is 12.8. The molecule has 3 heterocycles. The van der Waals surface area contributed by atoms with Crippen molar-refractivity contribution in [3.8, 4) is 0 Å². The summed E-state index contributed by atoms with van der Waals surface area (Å²) in [6, 6.07) is 3.19. The summed E-state index contributed by atoms with van der Waals surface area (Å²) in [5.41, 5.74) is 1.30. The highest BCUT2D eigenvalue weighted by Crippen LogP contribution is 2.39. The molecule has 2 aromatic rings. The Labute approximate surface area is 173 Å². The minimum Gasteiger partial charge on any atom is -0.459 e. The SMILES string of the molecule is CC1CCN(C(=O)COC(=O)c2c(NC(=O)c3ccco3)sc3c2CCC3)CC1. The predicted octanol–water partition coefficient (Wildman–Crippen LogP) is 3.50. The number of hydrogen-bond donors (Lipinski definition) is 1. The summed E-state index contributed by atoms with van der Waals surface area (Å²) in [5.74, 6) is -0.346. The summed E-state index contributed by atoms with van der Waals surface area (Å²) in [5, 5.41) is 3.23. The first-order valence-corrected chi connectivity index (χ1v) is 10.8. The molecule has 0 bridgehead atoms. The van der Waals surface area contributed by atoms with Gasteiger partial charge in [-0.1, -0.05) is 6.92 Å². The third kappa shape index (κ3) is 4.22. The number of esters is 1. The fraction of sp³-hybridized carbons (Fsp3) is 0.476. The van der Waals surface area contributed by atoms with Crippen LogP contribution in [0.1, 0.15) is 57.5 Å². The molecule has 154 valence electrons. The van der Waals surface area contributed by atoms with Crippen LogP contribution in [0, 0.1) is 5.92 Å². The van der Waals surface area contributed by atoms with Crippen molar-refractivity contribution in [1.29, 1.82) is 0 Å². The Bertz CT molecular complexity index is 910. The van der Waals surface area contributed by atoms with Crippen molar-refractivity contribution < 1.29 is 23.5 Å². The summed E-state index contributed by atoms with van der Waals surface area (Å²) in [4.78, 5) is 40.4. The third-order valence-electron chi connectivity index (χ3n) is 5.56. The van der Waals surface area contributed by atoms with Crippen LogP contribution in [-0.2, 0) is 22.4 Å². The van der Waals surface area contributed by atoms with E-state index in [2.05, 4.69) is 12.2 Å². The van der Waals surface area contributed by atoms with Crippen molar-refractivity contribution in [3.63, 3.8) is 0 Å². The molecule has 1 N–H and O–H groups in total. The number of amides is 2. The van der Waals surface area contributed by atoms with Gasteiger partial charge in [0.15, 0.2) is 12.4 Å². The van der Waals surface area contributed by atoms with Crippen molar-refractivity contribution >= 4 is 34.1 Å². The molecule has 1 fully saturated rings. The first-order valence-electron chi connectivity index (χ1n) is 9.97. The second kappa shape index (κ2) is 8.41. The highest BCUT2D eigenvalue weighted by atomic mass is 32.1. The summed E-state index contributed by atoms with van der Waals surface area (Å²) in [7, 11) is 0. The average molecular weight is 416 g/mol. The fourth-order valence-electron chi connectivity index (χ4n) is 3.83. The Balaban J connectivity index is 1.45. The molecule has 0 spiro atoms. The zero-order valence-corrected chi connectivity index (χ0v) is 17.2. The first kappa shape index (κ1) is 19.7. The van der Waals surface area contributed by atoms with Gasteiger partial charge in [-0.05, 0) is 55.7 Å². The van der Waals surface area contributed by atoms with Gasteiger partial charge in [-0.25, -0.2) is 4.79 Å². The lowest BCUT2D eigenvalue weighted by Crippen LogP contribution is -2.40. The van der Waals surface area contributed by atoms with Crippen molar-refractivity contribution in [2.24, 2.45) is 5.92 Å². The van der Waals surface area contributed by atoms with E-state index in [1.54, 1.807) is 17.0 Å². The van der Waals surface area contributed by atoms with Gasteiger partial charge in [-0.2, -0.15) is 0 Å². The Morgan fingerprint density at radius 3 is 2.79 bits per heavy atom. The average Bonchev–Trinajstić information content (AvgIpc) is 3.43. The van der Waals surface area contributed by atoms with E-state index in [9.17, 15) is 14.4 Å². The lowest BCUT2D eigenvalue weighted by atomic mass is 9.99. The van der Waals surface area contributed by atoms with Gasteiger partial charge >= 0.3 is 5.97 Å². The Kier molecular flexibility index (Phi) is 5.71. The van der Waals surface area contributed by atoms with Crippen LogP contribution in [-0.4, -0.2) is 42.4 Å². The van der Waals surface area contributed by atoms with Crippen molar-refractivity contribution in [2.75, 3.05) is 25.0 Å². The van der Waals surface area contributed by atoms with Crippen LogP contribution in [0.2, 0.25) is 0 Å². The van der Waals surface area contributed by atoms with E-state index in [0.29, 0.717) is 29.6 Å². The number of furan rings is 1. The van der Waals surface area contributed by atoms with E-state index in [0.717, 1.165) is 42.5 Å². The number of nitrogens with one attached hydrogen (secondary N) is 1. The number of carbonyl (C=O) groups excluding carboxylic acids is 3. The molecule has 8 heteroatoms. The molecule has 29 heavy (non-hydrogen) atoms. The van der Waals surface area contributed by atoms with Crippen molar-refractivity contribution in [2.45, 2.75) is 39.0 Å². The fourth-order valence-corrected chi connectivity index (χ4v) is 5.10. The number of thiophene rings is 1. The monoisotopic (exact) mass is 416 g/mol. The van der Waals surface area contributed by atoms with E-state index < -0.39 is 11.9 Å². The predicted molar refractivity (Wildman–Crippen MR) is 108 cm³/mol. The Morgan fingerprint density at radius 1 is 1.28 bits per heavy atom. The number of piperidine rings is 1. The summed E-state index contributed by atoms with van der Waals surface area (Å²) < 4.78 is 10.5. The number of fused-ring (bicyclic) bond motifs is 1. The first-order chi connectivity index (χ1) is 14.0. The van der Waals surface area contributed by atoms with Crippen LogP contribution in [0.4, 0.5) is 5.00 Å². The molecule has 1 aliphatic carbocycles. The molecular weight excluding hydrogens is 392 g/mol. The Hall–Kier alpha value is -2.61. The van der Waals surface area contributed by atoms with Crippen molar-refractivity contribution in [3.05, 3.63) is 40.2 Å². The van der Waals surface area contributed by atoms with Gasteiger partial charge in [-0.3, -0.25) is 9.59 Å². The maximum Gasteiger partial charge on any atom is 0.341 e. The molecule has 1 saturated heterocycles. The number of rotatable bonds is 5.